The van der Waals surface area contributed by atoms with E-state index in [1.165, 1.54) is 0 Å². The molecule has 0 spiro atoms. The third kappa shape index (κ3) is 6.06. The fraction of sp³-hybridized carbons (Fsp3) is 0.467. The smallest absolute Gasteiger partial charge is 0.311 e. The second-order valence-electron chi connectivity index (χ2n) is 4.60. The molecule has 0 bridgehead atoms. The Balaban J connectivity index is 2.30. The monoisotopic (exact) mass is 298 g/mol. The minimum absolute atomic E-state index is 0.0136. The first-order valence-electron chi connectivity index (χ1n) is 6.63. The Bertz CT molecular complexity index is 459. The SMILES string of the molecule is CCC(C)COC(=O)CCC(=O)Oc1ccccc1Cl. The number of halogens is 1. The molecule has 0 aromatic heterocycles. The molecule has 5 heteroatoms. The number of carbonyl (C=O) groups is 2. The summed E-state index contributed by atoms with van der Waals surface area (Å²) < 4.78 is 10.1. The van der Waals surface area contributed by atoms with E-state index in [1.807, 2.05) is 13.8 Å². The van der Waals surface area contributed by atoms with Crippen LogP contribution in [0.3, 0.4) is 0 Å². The quantitative estimate of drug-likeness (QED) is 0.570. The predicted molar refractivity (Wildman–Crippen MR) is 76.7 cm³/mol. The van der Waals surface area contributed by atoms with E-state index in [0.29, 0.717) is 23.3 Å². The highest BCUT2D eigenvalue weighted by molar-refractivity contribution is 6.32. The summed E-state index contributed by atoms with van der Waals surface area (Å²) in [7, 11) is 0. The molecule has 1 rings (SSSR count). The largest absolute Gasteiger partial charge is 0.465 e. The zero-order valence-electron chi connectivity index (χ0n) is 11.7. The van der Waals surface area contributed by atoms with Gasteiger partial charge in [-0.3, -0.25) is 9.59 Å². The van der Waals surface area contributed by atoms with Crippen LogP contribution in [0.4, 0.5) is 0 Å². The first-order valence-corrected chi connectivity index (χ1v) is 7.01. The Hall–Kier alpha value is -1.55. The molecule has 0 radical (unpaired) electrons. The molecule has 0 N–H and O–H groups in total. The molecule has 0 amide bonds. The molecule has 1 aromatic carbocycles. The fourth-order valence-electron chi connectivity index (χ4n) is 1.33. The zero-order chi connectivity index (χ0) is 15.0. The van der Waals surface area contributed by atoms with Crippen LogP contribution in [0.1, 0.15) is 33.1 Å². The van der Waals surface area contributed by atoms with Crippen LogP contribution < -0.4 is 4.74 Å². The summed E-state index contributed by atoms with van der Waals surface area (Å²) in [5.41, 5.74) is 0. The third-order valence-electron chi connectivity index (χ3n) is 2.82. The zero-order valence-corrected chi connectivity index (χ0v) is 12.5. The molecule has 20 heavy (non-hydrogen) atoms. The molecular weight excluding hydrogens is 280 g/mol. The lowest BCUT2D eigenvalue weighted by Gasteiger charge is -2.09. The molecule has 0 aliphatic heterocycles. The van der Waals surface area contributed by atoms with Gasteiger partial charge in [-0.25, -0.2) is 0 Å². The summed E-state index contributed by atoms with van der Waals surface area (Å²) in [5.74, 6) is -0.263. The van der Waals surface area contributed by atoms with E-state index < -0.39 is 5.97 Å². The highest BCUT2D eigenvalue weighted by Crippen LogP contribution is 2.23. The van der Waals surface area contributed by atoms with Gasteiger partial charge in [-0.1, -0.05) is 44.0 Å². The lowest BCUT2D eigenvalue weighted by Crippen LogP contribution is -2.15. The number of rotatable bonds is 7. The minimum Gasteiger partial charge on any atom is -0.465 e. The van der Waals surface area contributed by atoms with Gasteiger partial charge in [-0.15, -0.1) is 0 Å². The van der Waals surface area contributed by atoms with Gasteiger partial charge in [-0.2, -0.15) is 0 Å². The van der Waals surface area contributed by atoms with E-state index in [1.54, 1.807) is 24.3 Å². The summed E-state index contributed by atoms with van der Waals surface area (Å²) >= 11 is 5.86. The molecule has 1 unspecified atom stereocenters. The molecule has 0 aliphatic rings. The Morgan fingerprint density at radius 2 is 1.85 bits per heavy atom. The van der Waals surface area contributed by atoms with Crippen molar-refractivity contribution in [3.8, 4) is 5.75 Å². The number of carbonyl (C=O) groups excluding carboxylic acids is 2. The van der Waals surface area contributed by atoms with E-state index in [-0.39, 0.29) is 18.8 Å². The molecule has 0 aliphatic carbocycles. The number of para-hydroxylation sites is 1. The molecule has 4 nitrogen and oxygen atoms in total. The summed E-state index contributed by atoms with van der Waals surface area (Å²) in [5, 5.41) is 0.361. The first-order chi connectivity index (χ1) is 9.52. The van der Waals surface area contributed by atoms with Gasteiger partial charge in [0, 0.05) is 0 Å². The normalized spacial score (nSPS) is 11.8. The van der Waals surface area contributed by atoms with Crippen LogP contribution in [0.15, 0.2) is 24.3 Å². The van der Waals surface area contributed by atoms with Gasteiger partial charge in [0.2, 0.25) is 0 Å². The molecule has 0 saturated carbocycles. The maximum Gasteiger partial charge on any atom is 0.311 e. The predicted octanol–water partition coefficient (Wildman–Crippen LogP) is 3.61. The standard InChI is InChI=1S/C15H19ClO4/c1-3-11(2)10-19-14(17)8-9-15(18)20-13-7-5-4-6-12(13)16/h4-7,11H,3,8-10H2,1-2H3. The minimum atomic E-state index is -0.501. The maximum atomic E-state index is 11.6. The third-order valence-corrected chi connectivity index (χ3v) is 3.13. The van der Waals surface area contributed by atoms with E-state index in [9.17, 15) is 9.59 Å². The van der Waals surface area contributed by atoms with Gasteiger partial charge in [-0.05, 0) is 18.1 Å². The summed E-state index contributed by atoms with van der Waals surface area (Å²) in [6.07, 6.45) is 0.937. The number of hydrogen-bond donors (Lipinski definition) is 0. The van der Waals surface area contributed by atoms with Crippen molar-refractivity contribution < 1.29 is 19.1 Å². The van der Waals surface area contributed by atoms with E-state index >= 15 is 0 Å². The topological polar surface area (TPSA) is 52.6 Å². The van der Waals surface area contributed by atoms with Gasteiger partial charge >= 0.3 is 11.9 Å². The molecule has 0 heterocycles. The fourth-order valence-corrected chi connectivity index (χ4v) is 1.50. The number of esters is 2. The van der Waals surface area contributed by atoms with Gasteiger partial charge in [0.15, 0.2) is 0 Å². The van der Waals surface area contributed by atoms with E-state index in [4.69, 9.17) is 21.1 Å². The van der Waals surface area contributed by atoms with Crippen molar-refractivity contribution in [2.24, 2.45) is 5.92 Å². The second-order valence-corrected chi connectivity index (χ2v) is 5.01. The Labute approximate surface area is 124 Å². The van der Waals surface area contributed by atoms with Gasteiger partial charge in [0.05, 0.1) is 24.5 Å². The summed E-state index contributed by atoms with van der Waals surface area (Å²) in [4.78, 5) is 23.0. The first kappa shape index (κ1) is 16.5. The van der Waals surface area contributed by atoms with Gasteiger partial charge in [0.1, 0.15) is 5.75 Å². The van der Waals surface area contributed by atoms with Crippen molar-refractivity contribution in [3.05, 3.63) is 29.3 Å². The van der Waals surface area contributed by atoms with Crippen molar-refractivity contribution in [1.82, 2.24) is 0 Å². The lowest BCUT2D eigenvalue weighted by molar-refractivity contribution is -0.147. The number of benzene rings is 1. The molecule has 1 atom stereocenters. The van der Waals surface area contributed by atoms with Crippen LogP contribution in [-0.4, -0.2) is 18.5 Å². The van der Waals surface area contributed by atoms with Crippen molar-refractivity contribution >= 4 is 23.5 Å². The summed E-state index contributed by atoms with van der Waals surface area (Å²) in [6.45, 7) is 4.41. The molecule has 0 fully saturated rings. The van der Waals surface area contributed by atoms with Crippen LogP contribution in [0.5, 0.6) is 5.75 Å². The van der Waals surface area contributed by atoms with Crippen molar-refractivity contribution in [2.45, 2.75) is 33.1 Å². The highest BCUT2D eigenvalue weighted by Gasteiger charge is 2.12. The number of ether oxygens (including phenoxy) is 2. The van der Waals surface area contributed by atoms with Crippen LogP contribution in [0.25, 0.3) is 0 Å². The van der Waals surface area contributed by atoms with Crippen LogP contribution in [0.2, 0.25) is 5.02 Å². The Morgan fingerprint density at radius 3 is 2.50 bits per heavy atom. The molecule has 1 aromatic rings. The highest BCUT2D eigenvalue weighted by atomic mass is 35.5. The molecule has 0 saturated heterocycles. The van der Waals surface area contributed by atoms with Gasteiger partial charge in [0.25, 0.3) is 0 Å². The van der Waals surface area contributed by atoms with Gasteiger partial charge < -0.3 is 9.47 Å². The van der Waals surface area contributed by atoms with Crippen molar-refractivity contribution in [1.29, 1.82) is 0 Å². The Morgan fingerprint density at radius 1 is 1.20 bits per heavy atom. The molecular formula is C15H19ClO4. The van der Waals surface area contributed by atoms with Crippen LogP contribution >= 0.6 is 11.6 Å². The van der Waals surface area contributed by atoms with Crippen molar-refractivity contribution in [2.75, 3.05) is 6.61 Å². The van der Waals surface area contributed by atoms with E-state index in [2.05, 4.69) is 0 Å². The second kappa shape index (κ2) is 8.59. The lowest BCUT2D eigenvalue weighted by atomic mass is 10.1. The van der Waals surface area contributed by atoms with Crippen LogP contribution in [0, 0.1) is 5.92 Å². The molecule has 110 valence electrons. The average Bonchev–Trinajstić information content (AvgIpc) is 2.45. The van der Waals surface area contributed by atoms with E-state index in [0.717, 1.165) is 6.42 Å². The number of hydrogen-bond acceptors (Lipinski definition) is 4. The maximum absolute atomic E-state index is 11.6. The Kier molecular flexibility index (Phi) is 7.09. The average molecular weight is 299 g/mol. The van der Waals surface area contributed by atoms with Crippen molar-refractivity contribution in [3.63, 3.8) is 0 Å². The van der Waals surface area contributed by atoms with Crippen LogP contribution in [-0.2, 0) is 14.3 Å². The summed E-state index contributed by atoms with van der Waals surface area (Å²) in [6, 6.07) is 6.69.